The molecule has 6 rings (SSSR count). The Hall–Kier alpha value is -3.10. The Morgan fingerprint density at radius 2 is 1.19 bits per heavy atom. The zero-order valence-electron chi connectivity index (χ0n) is 14.6. The van der Waals surface area contributed by atoms with E-state index in [9.17, 15) is 0 Å². The molecule has 1 aliphatic rings. The van der Waals surface area contributed by atoms with Crippen LogP contribution in [-0.2, 0) is 0 Å². The predicted molar refractivity (Wildman–Crippen MR) is 116 cm³/mol. The number of thiophene rings is 1. The molecule has 0 spiro atoms. The van der Waals surface area contributed by atoms with Crippen LogP contribution in [0.15, 0.2) is 90.3 Å². The van der Waals surface area contributed by atoms with Crippen LogP contribution >= 0.6 is 11.3 Å². The lowest BCUT2D eigenvalue weighted by molar-refractivity contribution is 1.02. The molecule has 0 bridgehead atoms. The largest absolute Gasteiger partial charge is 0.355 e. The summed E-state index contributed by atoms with van der Waals surface area (Å²) in [5.74, 6) is 0.244. The van der Waals surface area contributed by atoms with Crippen molar-refractivity contribution in [1.82, 2.24) is 0 Å². The Bertz CT molecular complexity index is 1220. The lowest BCUT2D eigenvalue weighted by atomic mass is 9.80. The van der Waals surface area contributed by atoms with Crippen molar-refractivity contribution in [3.8, 4) is 0 Å². The van der Waals surface area contributed by atoms with Gasteiger partial charge in [-0.15, -0.1) is 11.3 Å². The summed E-state index contributed by atoms with van der Waals surface area (Å²) in [7, 11) is 0. The van der Waals surface area contributed by atoms with Crippen molar-refractivity contribution >= 4 is 44.3 Å². The number of rotatable bonds is 1. The van der Waals surface area contributed by atoms with E-state index in [1.807, 2.05) is 11.3 Å². The van der Waals surface area contributed by atoms with E-state index in [2.05, 4.69) is 95.6 Å². The Balaban J connectivity index is 1.77. The molecule has 27 heavy (non-hydrogen) atoms. The average molecular weight is 363 g/mol. The van der Waals surface area contributed by atoms with Crippen molar-refractivity contribution in [2.75, 3.05) is 5.32 Å². The van der Waals surface area contributed by atoms with Crippen LogP contribution in [0.2, 0.25) is 0 Å². The van der Waals surface area contributed by atoms with Gasteiger partial charge in [-0.3, -0.25) is 0 Å². The molecule has 2 heterocycles. The number of nitrogens with one attached hydrogen (secondary N) is 1. The fourth-order valence-electron chi connectivity index (χ4n) is 4.46. The molecule has 0 radical (unpaired) electrons. The normalized spacial score (nSPS) is 13.3. The quantitative estimate of drug-likeness (QED) is 0.323. The van der Waals surface area contributed by atoms with Crippen LogP contribution in [0.5, 0.6) is 0 Å². The molecular formula is C25H17NS. The first-order valence-electron chi connectivity index (χ1n) is 9.24. The second kappa shape index (κ2) is 5.70. The highest BCUT2D eigenvalue weighted by Crippen LogP contribution is 2.50. The fraction of sp³-hybridized carbons (Fsp3) is 0.0400. The van der Waals surface area contributed by atoms with E-state index in [-0.39, 0.29) is 5.92 Å². The van der Waals surface area contributed by atoms with Crippen LogP contribution in [0, 0.1) is 0 Å². The Morgan fingerprint density at radius 1 is 0.593 bits per heavy atom. The van der Waals surface area contributed by atoms with Crippen LogP contribution in [-0.4, -0.2) is 0 Å². The van der Waals surface area contributed by atoms with Crippen LogP contribution in [0.4, 0.5) is 11.4 Å². The number of hydrogen-bond donors (Lipinski definition) is 1. The first-order chi connectivity index (χ1) is 13.4. The molecule has 0 atom stereocenters. The minimum absolute atomic E-state index is 0.244. The zero-order chi connectivity index (χ0) is 17.8. The summed E-state index contributed by atoms with van der Waals surface area (Å²) in [6.45, 7) is 0. The lowest BCUT2D eigenvalue weighted by Crippen LogP contribution is -2.14. The molecular weight excluding hydrogens is 346 g/mol. The van der Waals surface area contributed by atoms with E-state index in [1.165, 1.54) is 48.9 Å². The van der Waals surface area contributed by atoms with Gasteiger partial charge >= 0.3 is 0 Å². The van der Waals surface area contributed by atoms with E-state index in [1.54, 1.807) is 0 Å². The van der Waals surface area contributed by atoms with Gasteiger partial charge in [0.1, 0.15) is 0 Å². The Kier molecular flexibility index (Phi) is 3.17. The van der Waals surface area contributed by atoms with Gasteiger partial charge in [-0.05, 0) is 56.3 Å². The average Bonchev–Trinajstić information content (AvgIpc) is 3.26. The lowest BCUT2D eigenvalue weighted by Gasteiger charge is -2.31. The fourth-order valence-corrected chi connectivity index (χ4v) is 5.30. The molecule has 5 aromatic rings. The minimum Gasteiger partial charge on any atom is -0.355 e. The smallest absolute Gasteiger partial charge is 0.0487 e. The van der Waals surface area contributed by atoms with E-state index in [0.717, 1.165) is 0 Å². The van der Waals surface area contributed by atoms with Gasteiger partial charge in [0.05, 0.1) is 0 Å². The highest BCUT2D eigenvalue weighted by Gasteiger charge is 2.30. The first kappa shape index (κ1) is 15.0. The SMILES string of the molecule is c1csc(C2c3c(ccc4ccccc34)Nc3ccc4ccccc4c32)c1. The van der Waals surface area contributed by atoms with Crippen LogP contribution in [0.25, 0.3) is 21.5 Å². The standard InChI is InChI=1S/C25H17NS/c1-3-8-18-16(6-1)11-13-20-23(18)25(22-10-5-15-27-22)24-19-9-4-2-7-17(19)12-14-21(24)26-20/h1-15,25-26H. The molecule has 1 nitrogen and oxygen atoms in total. The van der Waals surface area contributed by atoms with Crippen LogP contribution < -0.4 is 5.32 Å². The van der Waals surface area contributed by atoms with E-state index < -0.39 is 0 Å². The molecule has 4 aromatic carbocycles. The summed E-state index contributed by atoms with van der Waals surface area (Å²) < 4.78 is 0. The van der Waals surface area contributed by atoms with Gasteiger partial charge in [0.2, 0.25) is 0 Å². The van der Waals surface area contributed by atoms with Gasteiger partial charge in [0, 0.05) is 22.2 Å². The molecule has 1 aliphatic heterocycles. The van der Waals surface area contributed by atoms with Crippen molar-refractivity contribution in [2.45, 2.75) is 5.92 Å². The van der Waals surface area contributed by atoms with Gasteiger partial charge in [-0.2, -0.15) is 0 Å². The Labute approximate surface area is 161 Å². The van der Waals surface area contributed by atoms with Crippen molar-refractivity contribution < 1.29 is 0 Å². The van der Waals surface area contributed by atoms with Crippen molar-refractivity contribution in [1.29, 1.82) is 0 Å². The topological polar surface area (TPSA) is 12.0 Å². The summed E-state index contributed by atoms with van der Waals surface area (Å²) in [6.07, 6.45) is 0. The summed E-state index contributed by atoms with van der Waals surface area (Å²) >= 11 is 1.85. The molecule has 0 fully saturated rings. The first-order valence-corrected chi connectivity index (χ1v) is 10.1. The number of fused-ring (bicyclic) bond motifs is 6. The maximum absolute atomic E-state index is 3.72. The maximum Gasteiger partial charge on any atom is 0.0487 e. The van der Waals surface area contributed by atoms with E-state index in [4.69, 9.17) is 0 Å². The van der Waals surface area contributed by atoms with E-state index >= 15 is 0 Å². The highest BCUT2D eigenvalue weighted by atomic mass is 32.1. The number of hydrogen-bond acceptors (Lipinski definition) is 2. The molecule has 0 aliphatic carbocycles. The van der Waals surface area contributed by atoms with Crippen LogP contribution in [0.3, 0.4) is 0 Å². The predicted octanol–water partition coefficient (Wildman–Crippen LogP) is 7.29. The third kappa shape index (κ3) is 2.17. The molecule has 0 unspecified atom stereocenters. The van der Waals surface area contributed by atoms with Gasteiger partial charge in [-0.1, -0.05) is 66.7 Å². The van der Waals surface area contributed by atoms with Gasteiger partial charge in [0.25, 0.3) is 0 Å². The number of anilines is 2. The summed E-state index contributed by atoms with van der Waals surface area (Å²) in [5, 5.41) is 11.2. The van der Waals surface area contributed by atoms with Crippen molar-refractivity contribution in [2.24, 2.45) is 0 Å². The van der Waals surface area contributed by atoms with Crippen LogP contribution in [0.1, 0.15) is 21.9 Å². The zero-order valence-corrected chi connectivity index (χ0v) is 15.5. The van der Waals surface area contributed by atoms with Crippen molar-refractivity contribution in [3.05, 3.63) is 106 Å². The third-order valence-electron chi connectivity index (χ3n) is 5.62. The molecule has 1 N–H and O–H groups in total. The molecule has 0 saturated heterocycles. The molecule has 0 saturated carbocycles. The van der Waals surface area contributed by atoms with Gasteiger partial charge in [-0.25, -0.2) is 0 Å². The maximum atomic E-state index is 3.72. The number of benzene rings is 4. The third-order valence-corrected chi connectivity index (χ3v) is 6.55. The molecule has 128 valence electrons. The van der Waals surface area contributed by atoms with Gasteiger partial charge < -0.3 is 5.32 Å². The molecule has 1 aromatic heterocycles. The Morgan fingerprint density at radius 3 is 1.74 bits per heavy atom. The summed E-state index contributed by atoms with van der Waals surface area (Å²) in [4.78, 5) is 1.40. The second-order valence-corrected chi connectivity index (χ2v) is 8.05. The second-order valence-electron chi connectivity index (χ2n) is 7.07. The monoisotopic (exact) mass is 363 g/mol. The van der Waals surface area contributed by atoms with Gasteiger partial charge in [0.15, 0.2) is 0 Å². The minimum atomic E-state index is 0.244. The summed E-state index contributed by atoms with van der Waals surface area (Å²) in [6, 6.07) is 30.8. The summed E-state index contributed by atoms with van der Waals surface area (Å²) in [5.41, 5.74) is 5.21. The molecule has 2 heteroatoms. The van der Waals surface area contributed by atoms with E-state index in [0.29, 0.717) is 0 Å². The van der Waals surface area contributed by atoms with Crippen molar-refractivity contribution in [3.63, 3.8) is 0 Å². The molecule has 0 amide bonds. The highest BCUT2D eigenvalue weighted by molar-refractivity contribution is 7.10.